The van der Waals surface area contributed by atoms with E-state index in [1.54, 1.807) is 0 Å². The van der Waals surface area contributed by atoms with E-state index in [0.29, 0.717) is 0 Å². The largest absolute Gasteiger partial charge is 0.0651 e. The van der Waals surface area contributed by atoms with Gasteiger partial charge < -0.3 is 0 Å². The SMILES string of the molecule is CCC(C)CC.[Sc]. The monoisotopic (exact) mass is 131 g/mol. The molecule has 0 aliphatic carbocycles. The van der Waals surface area contributed by atoms with Gasteiger partial charge in [0.25, 0.3) is 0 Å². The summed E-state index contributed by atoms with van der Waals surface area (Å²) in [6.07, 6.45) is 2.66. The van der Waals surface area contributed by atoms with Gasteiger partial charge in [-0.05, 0) is 5.92 Å². The van der Waals surface area contributed by atoms with Gasteiger partial charge in [0.15, 0.2) is 0 Å². The van der Waals surface area contributed by atoms with Gasteiger partial charge in [0.1, 0.15) is 0 Å². The van der Waals surface area contributed by atoms with Crippen LogP contribution in [0.5, 0.6) is 0 Å². The number of hydrogen-bond donors (Lipinski definition) is 0. The summed E-state index contributed by atoms with van der Waals surface area (Å²) in [6.45, 7) is 6.74. The summed E-state index contributed by atoms with van der Waals surface area (Å²) in [5.41, 5.74) is 0. The Bertz CT molecular complexity index is 23.4. The Morgan fingerprint density at radius 1 is 1.14 bits per heavy atom. The summed E-state index contributed by atoms with van der Waals surface area (Å²) in [7, 11) is 0. The standard InChI is InChI=1S/C6H14.Sc/c1-4-6(3)5-2;/h6H,4-5H2,1-3H3;. The van der Waals surface area contributed by atoms with Crippen LogP contribution in [0.3, 0.4) is 0 Å². The molecule has 0 unspecified atom stereocenters. The Morgan fingerprint density at radius 3 is 1.43 bits per heavy atom. The summed E-state index contributed by atoms with van der Waals surface area (Å²) in [5.74, 6) is 0.935. The fourth-order valence-corrected chi connectivity index (χ4v) is 0.289. The van der Waals surface area contributed by atoms with Crippen molar-refractivity contribution in [3.63, 3.8) is 0 Å². The van der Waals surface area contributed by atoms with Crippen molar-refractivity contribution in [3.05, 3.63) is 0 Å². The zero-order valence-electron chi connectivity index (χ0n) is 5.57. The van der Waals surface area contributed by atoms with Crippen LogP contribution in [0.1, 0.15) is 33.6 Å². The molecule has 0 heterocycles. The molecule has 0 atom stereocenters. The molecule has 0 aromatic rings. The van der Waals surface area contributed by atoms with E-state index in [0.717, 1.165) is 5.92 Å². The molecule has 0 fully saturated rings. The maximum Gasteiger partial charge on any atom is 0 e. The molecule has 0 aliphatic rings. The predicted molar refractivity (Wildman–Crippen MR) is 29.7 cm³/mol. The number of rotatable bonds is 2. The third kappa shape index (κ3) is 6.87. The second-order valence-corrected chi connectivity index (χ2v) is 1.92. The minimum Gasteiger partial charge on any atom is -0.0651 e. The van der Waals surface area contributed by atoms with Crippen LogP contribution in [0, 0.1) is 5.92 Å². The van der Waals surface area contributed by atoms with Gasteiger partial charge in [-0.1, -0.05) is 33.6 Å². The molecule has 0 amide bonds. The van der Waals surface area contributed by atoms with Crippen molar-refractivity contribution in [1.29, 1.82) is 0 Å². The molecule has 0 spiro atoms. The fourth-order valence-electron chi connectivity index (χ4n) is 0.289. The van der Waals surface area contributed by atoms with Crippen LogP contribution in [0.4, 0.5) is 0 Å². The molecular formula is C6H14Sc. The van der Waals surface area contributed by atoms with Gasteiger partial charge in [0.05, 0.1) is 0 Å². The van der Waals surface area contributed by atoms with Crippen molar-refractivity contribution >= 4 is 0 Å². The van der Waals surface area contributed by atoms with Crippen molar-refractivity contribution in [2.24, 2.45) is 5.92 Å². The molecule has 0 rings (SSSR count). The van der Waals surface area contributed by atoms with E-state index in [1.165, 1.54) is 12.8 Å². The van der Waals surface area contributed by atoms with Gasteiger partial charge in [0, 0.05) is 25.8 Å². The first-order valence-electron chi connectivity index (χ1n) is 2.81. The minimum atomic E-state index is 0. The molecule has 41 valence electrons. The van der Waals surface area contributed by atoms with Crippen molar-refractivity contribution in [2.45, 2.75) is 33.6 Å². The quantitative estimate of drug-likeness (QED) is 0.540. The maximum atomic E-state index is 2.28. The molecule has 0 aromatic heterocycles. The van der Waals surface area contributed by atoms with Gasteiger partial charge in [-0.15, -0.1) is 0 Å². The fraction of sp³-hybridized carbons (Fsp3) is 1.00. The van der Waals surface area contributed by atoms with E-state index in [9.17, 15) is 0 Å². The summed E-state index contributed by atoms with van der Waals surface area (Å²) in [5, 5.41) is 0. The van der Waals surface area contributed by atoms with E-state index < -0.39 is 0 Å². The first-order chi connectivity index (χ1) is 2.81. The van der Waals surface area contributed by atoms with Crippen LogP contribution in [0.2, 0.25) is 0 Å². The molecule has 0 bridgehead atoms. The second-order valence-electron chi connectivity index (χ2n) is 1.92. The van der Waals surface area contributed by atoms with Crippen LogP contribution in [-0.2, 0) is 25.8 Å². The van der Waals surface area contributed by atoms with Gasteiger partial charge in [-0.2, -0.15) is 0 Å². The topological polar surface area (TPSA) is 0 Å². The van der Waals surface area contributed by atoms with E-state index in [4.69, 9.17) is 0 Å². The molecule has 1 radical (unpaired) electrons. The van der Waals surface area contributed by atoms with E-state index >= 15 is 0 Å². The van der Waals surface area contributed by atoms with Gasteiger partial charge in [-0.3, -0.25) is 0 Å². The Morgan fingerprint density at radius 2 is 1.43 bits per heavy atom. The summed E-state index contributed by atoms with van der Waals surface area (Å²) < 4.78 is 0. The zero-order chi connectivity index (χ0) is 4.99. The Labute approximate surface area is 65.5 Å². The van der Waals surface area contributed by atoms with Crippen molar-refractivity contribution in [2.75, 3.05) is 0 Å². The number of hydrogen-bond acceptors (Lipinski definition) is 0. The molecule has 0 aromatic carbocycles. The first kappa shape index (κ1) is 10.8. The van der Waals surface area contributed by atoms with E-state index in [-0.39, 0.29) is 25.8 Å². The van der Waals surface area contributed by atoms with E-state index in [2.05, 4.69) is 20.8 Å². The second kappa shape index (κ2) is 6.87. The molecule has 0 N–H and O–H groups in total. The normalized spacial score (nSPS) is 8.57. The maximum absolute atomic E-state index is 2.28. The third-order valence-electron chi connectivity index (χ3n) is 1.39. The summed E-state index contributed by atoms with van der Waals surface area (Å²) in [6, 6.07) is 0. The molecule has 0 saturated carbocycles. The van der Waals surface area contributed by atoms with Crippen LogP contribution in [0.25, 0.3) is 0 Å². The first-order valence-corrected chi connectivity index (χ1v) is 2.81. The van der Waals surface area contributed by atoms with Crippen LogP contribution < -0.4 is 0 Å². The smallest absolute Gasteiger partial charge is 0 e. The van der Waals surface area contributed by atoms with Gasteiger partial charge >= 0.3 is 0 Å². The average molecular weight is 131 g/mol. The molecule has 0 aliphatic heterocycles. The predicted octanol–water partition coefficient (Wildman–Crippen LogP) is 2.44. The Kier molecular flexibility index (Phi) is 10.6. The molecule has 1 heteroatoms. The van der Waals surface area contributed by atoms with Crippen LogP contribution in [0.15, 0.2) is 0 Å². The zero-order valence-corrected chi connectivity index (χ0v) is 7.37. The Balaban J connectivity index is 0. The summed E-state index contributed by atoms with van der Waals surface area (Å²) >= 11 is 0. The average Bonchev–Trinajstić information content (AvgIpc) is 1.65. The van der Waals surface area contributed by atoms with Gasteiger partial charge in [-0.25, -0.2) is 0 Å². The van der Waals surface area contributed by atoms with E-state index in [1.807, 2.05) is 0 Å². The molecule has 0 nitrogen and oxygen atoms in total. The van der Waals surface area contributed by atoms with Crippen LogP contribution >= 0.6 is 0 Å². The van der Waals surface area contributed by atoms with Crippen molar-refractivity contribution in [3.8, 4) is 0 Å². The molecular weight excluding hydrogens is 117 g/mol. The van der Waals surface area contributed by atoms with Crippen LogP contribution in [-0.4, -0.2) is 0 Å². The minimum absolute atomic E-state index is 0. The molecule has 0 saturated heterocycles. The molecule has 7 heavy (non-hydrogen) atoms. The summed E-state index contributed by atoms with van der Waals surface area (Å²) in [4.78, 5) is 0. The Hall–Kier alpha value is 0.870. The van der Waals surface area contributed by atoms with Gasteiger partial charge in [0.2, 0.25) is 0 Å². The third-order valence-corrected chi connectivity index (χ3v) is 1.39. The van der Waals surface area contributed by atoms with Crippen molar-refractivity contribution < 1.29 is 25.8 Å². The van der Waals surface area contributed by atoms with Crippen molar-refractivity contribution in [1.82, 2.24) is 0 Å².